The zero-order valence-electron chi connectivity index (χ0n) is 18.5. The summed E-state index contributed by atoms with van der Waals surface area (Å²) in [6.45, 7) is 0.408. The minimum absolute atomic E-state index is 0.0736. The van der Waals surface area contributed by atoms with E-state index in [0.717, 1.165) is 22.3 Å². The van der Waals surface area contributed by atoms with E-state index in [2.05, 4.69) is 27.9 Å². The van der Waals surface area contributed by atoms with E-state index in [-0.39, 0.29) is 36.4 Å². The molecule has 0 aliphatic heterocycles. The average Bonchev–Trinajstić information content (AvgIpc) is 3.44. The topological polar surface area (TPSA) is 123 Å². The lowest BCUT2D eigenvalue weighted by atomic mass is 9.98. The molecule has 5 rings (SSSR count). The van der Waals surface area contributed by atoms with Gasteiger partial charge in [0.1, 0.15) is 12.3 Å². The molecule has 0 radical (unpaired) electrons. The number of carbonyl (C=O) groups excluding carboxylic acids is 2. The number of amides is 2. The Bertz CT molecular complexity index is 1240. The lowest BCUT2D eigenvalue weighted by Gasteiger charge is -2.14. The third-order valence-corrected chi connectivity index (χ3v) is 6.50. The van der Waals surface area contributed by atoms with Gasteiger partial charge in [-0.3, -0.25) is 19.6 Å². The van der Waals surface area contributed by atoms with Crippen LogP contribution in [-0.2, 0) is 16.6 Å². The number of carboxylic acids is 1. The number of carboxylic acid groups (broad SMARTS) is 1. The highest BCUT2D eigenvalue weighted by atomic mass is 16.5. The van der Waals surface area contributed by atoms with Crippen LogP contribution in [0.2, 0.25) is 0 Å². The van der Waals surface area contributed by atoms with Gasteiger partial charge in [0.25, 0.3) is 5.91 Å². The Hall–Kier alpha value is -4.14. The first-order valence-corrected chi connectivity index (χ1v) is 11.1. The second-order valence-corrected chi connectivity index (χ2v) is 8.63. The predicted octanol–water partition coefficient (Wildman–Crippen LogP) is 3.23. The van der Waals surface area contributed by atoms with E-state index in [1.165, 1.54) is 10.9 Å². The summed E-state index contributed by atoms with van der Waals surface area (Å²) in [6.07, 6.45) is 1.25. The minimum Gasteiger partial charge on any atom is -0.481 e. The molecular formula is C25H24N4O5. The van der Waals surface area contributed by atoms with Crippen LogP contribution in [0, 0.1) is 11.8 Å². The zero-order valence-corrected chi connectivity index (χ0v) is 18.5. The first-order chi connectivity index (χ1) is 16.4. The molecule has 2 atom stereocenters. The lowest BCUT2D eigenvalue weighted by Crippen LogP contribution is -2.29. The highest BCUT2D eigenvalue weighted by Crippen LogP contribution is 2.44. The van der Waals surface area contributed by atoms with Crippen LogP contribution in [0.4, 0.5) is 10.5 Å². The third kappa shape index (κ3) is 4.00. The van der Waals surface area contributed by atoms with Gasteiger partial charge in [0.2, 0.25) is 0 Å². The van der Waals surface area contributed by atoms with Crippen LogP contribution in [0.5, 0.6) is 0 Å². The van der Waals surface area contributed by atoms with Crippen molar-refractivity contribution < 1.29 is 24.2 Å². The largest absolute Gasteiger partial charge is 0.481 e. The van der Waals surface area contributed by atoms with Crippen molar-refractivity contribution >= 4 is 23.7 Å². The van der Waals surface area contributed by atoms with Crippen LogP contribution in [0.15, 0.2) is 54.7 Å². The molecule has 1 saturated carbocycles. The van der Waals surface area contributed by atoms with Crippen molar-refractivity contribution in [3.8, 4) is 11.1 Å². The van der Waals surface area contributed by atoms with Gasteiger partial charge in [-0.05, 0) is 34.6 Å². The number of benzene rings is 2. The van der Waals surface area contributed by atoms with E-state index in [1.807, 2.05) is 36.4 Å². The number of rotatable bonds is 7. The maximum Gasteiger partial charge on any atom is 0.411 e. The molecule has 0 bridgehead atoms. The van der Waals surface area contributed by atoms with Crippen molar-refractivity contribution in [2.45, 2.75) is 12.3 Å². The number of hydrogen-bond donors (Lipinski definition) is 3. The van der Waals surface area contributed by atoms with Crippen LogP contribution >= 0.6 is 0 Å². The number of nitrogens with one attached hydrogen (secondary N) is 2. The first-order valence-electron chi connectivity index (χ1n) is 11.1. The fraction of sp³-hybridized carbons (Fsp3) is 0.280. The number of ether oxygens (including phenoxy) is 1. The van der Waals surface area contributed by atoms with Gasteiger partial charge in [-0.1, -0.05) is 48.5 Å². The lowest BCUT2D eigenvalue weighted by molar-refractivity contribution is -0.138. The van der Waals surface area contributed by atoms with Gasteiger partial charge < -0.3 is 15.2 Å². The average molecular weight is 460 g/mol. The van der Waals surface area contributed by atoms with Gasteiger partial charge in [0.05, 0.1) is 17.8 Å². The van der Waals surface area contributed by atoms with Gasteiger partial charge >= 0.3 is 12.1 Å². The Morgan fingerprint density at radius 2 is 1.74 bits per heavy atom. The number of aliphatic carboxylic acids is 1. The van der Waals surface area contributed by atoms with Crippen LogP contribution in [0.25, 0.3) is 11.1 Å². The number of fused-ring (bicyclic) bond motifs is 3. The molecule has 174 valence electrons. The second kappa shape index (κ2) is 8.66. The SMILES string of the molecule is Cn1ncc(NC(=O)OCC2c3ccccc3-c3ccccc32)c1C(=O)NC[C@@H]1C[C@@H]1C(=O)O. The summed E-state index contributed by atoms with van der Waals surface area (Å²) in [5, 5.41) is 18.4. The summed E-state index contributed by atoms with van der Waals surface area (Å²) in [6, 6.07) is 16.1. The molecule has 1 heterocycles. The Morgan fingerprint density at radius 1 is 1.09 bits per heavy atom. The van der Waals surface area contributed by atoms with Crippen LogP contribution in [-0.4, -0.2) is 46.0 Å². The van der Waals surface area contributed by atoms with Crippen molar-refractivity contribution in [2.24, 2.45) is 18.9 Å². The Balaban J connectivity index is 1.22. The fourth-order valence-electron chi connectivity index (χ4n) is 4.63. The molecule has 2 aliphatic carbocycles. The van der Waals surface area contributed by atoms with E-state index in [0.29, 0.717) is 6.42 Å². The number of nitrogens with zero attached hydrogens (tertiary/aromatic N) is 2. The Labute approximate surface area is 195 Å². The van der Waals surface area contributed by atoms with Crippen molar-refractivity contribution in [2.75, 3.05) is 18.5 Å². The summed E-state index contributed by atoms with van der Waals surface area (Å²) in [5.74, 6) is -1.85. The van der Waals surface area contributed by atoms with Gasteiger partial charge in [-0.25, -0.2) is 4.79 Å². The van der Waals surface area contributed by atoms with Gasteiger partial charge in [-0.15, -0.1) is 0 Å². The molecule has 1 fully saturated rings. The first kappa shape index (κ1) is 21.7. The molecule has 0 saturated heterocycles. The van der Waals surface area contributed by atoms with Crippen molar-refractivity contribution in [1.29, 1.82) is 0 Å². The molecule has 34 heavy (non-hydrogen) atoms. The molecule has 9 nitrogen and oxygen atoms in total. The smallest absolute Gasteiger partial charge is 0.411 e. The number of anilines is 1. The molecule has 2 aromatic carbocycles. The number of aromatic nitrogens is 2. The number of aryl methyl sites for hydroxylation is 1. The van der Waals surface area contributed by atoms with Crippen molar-refractivity contribution in [1.82, 2.24) is 15.1 Å². The summed E-state index contributed by atoms with van der Waals surface area (Å²) < 4.78 is 6.91. The summed E-state index contributed by atoms with van der Waals surface area (Å²) >= 11 is 0. The number of hydrogen-bond acceptors (Lipinski definition) is 5. The van der Waals surface area contributed by atoms with Crippen molar-refractivity contribution in [3.05, 3.63) is 71.5 Å². The maximum atomic E-state index is 12.7. The molecule has 9 heteroatoms. The van der Waals surface area contributed by atoms with E-state index in [1.54, 1.807) is 7.05 Å². The molecule has 0 spiro atoms. The normalized spacial score (nSPS) is 18.0. The summed E-state index contributed by atoms with van der Waals surface area (Å²) in [7, 11) is 1.59. The molecule has 2 aliphatic rings. The molecule has 2 amide bonds. The molecule has 0 unspecified atom stereocenters. The molecule has 1 aromatic heterocycles. The predicted molar refractivity (Wildman–Crippen MR) is 123 cm³/mol. The maximum absolute atomic E-state index is 12.7. The molecular weight excluding hydrogens is 436 g/mol. The van der Waals surface area contributed by atoms with E-state index < -0.39 is 23.9 Å². The standard InChI is InChI=1S/C25H24N4O5/c1-29-22(23(30)26-11-14-10-19(14)24(31)32)21(12-27-29)28-25(33)34-13-20-17-8-4-2-6-15(17)16-7-3-5-9-18(16)20/h2-9,12,14,19-20H,10-11,13H2,1H3,(H,26,30)(H,28,33)(H,31,32)/t14-,19-/m0/s1. The monoisotopic (exact) mass is 460 g/mol. The van der Waals surface area contributed by atoms with E-state index in [9.17, 15) is 14.4 Å². The highest BCUT2D eigenvalue weighted by molar-refractivity contribution is 6.01. The number of carbonyl (C=O) groups is 3. The second-order valence-electron chi connectivity index (χ2n) is 8.63. The van der Waals surface area contributed by atoms with Gasteiger partial charge in [0, 0.05) is 19.5 Å². The van der Waals surface area contributed by atoms with Gasteiger partial charge in [0.15, 0.2) is 0 Å². The third-order valence-electron chi connectivity index (χ3n) is 6.50. The molecule has 3 aromatic rings. The van der Waals surface area contributed by atoms with Crippen molar-refractivity contribution in [3.63, 3.8) is 0 Å². The van der Waals surface area contributed by atoms with Crippen LogP contribution in [0.3, 0.4) is 0 Å². The summed E-state index contributed by atoms with van der Waals surface area (Å²) in [4.78, 5) is 36.3. The summed E-state index contributed by atoms with van der Waals surface area (Å²) in [5.41, 5.74) is 4.89. The van der Waals surface area contributed by atoms with E-state index >= 15 is 0 Å². The fourth-order valence-corrected chi connectivity index (χ4v) is 4.63. The quantitative estimate of drug-likeness (QED) is 0.498. The zero-order chi connectivity index (χ0) is 23.8. The Morgan fingerprint density at radius 3 is 2.35 bits per heavy atom. The van der Waals surface area contributed by atoms with Crippen LogP contribution in [0.1, 0.15) is 34.0 Å². The van der Waals surface area contributed by atoms with Crippen LogP contribution < -0.4 is 10.6 Å². The minimum atomic E-state index is -0.850. The van der Waals surface area contributed by atoms with E-state index in [4.69, 9.17) is 9.84 Å². The van der Waals surface area contributed by atoms with Gasteiger partial charge in [-0.2, -0.15) is 5.10 Å². The molecule has 3 N–H and O–H groups in total. The Kier molecular flexibility index (Phi) is 5.53. The highest BCUT2D eigenvalue weighted by Gasteiger charge is 2.43.